The lowest BCUT2D eigenvalue weighted by Crippen LogP contribution is -2.15. The Morgan fingerprint density at radius 2 is 0.622 bits per heavy atom. The van der Waals surface area contributed by atoms with E-state index < -0.39 is 0 Å². The van der Waals surface area contributed by atoms with E-state index in [2.05, 4.69) is 145 Å². The van der Waals surface area contributed by atoms with E-state index in [1.807, 2.05) is 0 Å². The Labute approximate surface area is 263 Å². The molecular weight excluding hydrogens is 542 g/mol. The van der Waals surface area contributed by atoms with E-state index in [0.29, 0.717) is 0 Å². The molecule has 12 bridgehead atoms. The van der Waals surface area contributed by atoms with Crippen LogP contribution < -0.4 is 0 Å². The standard InChI is InChI=1S/C44H35N/c1-42(2)35-12-7-24-17-29(35)30-18-25(8-13-36(30)42)27-10-15-39-32(20-27)34-22-41(45-23-40(34)44(39,5)6)28-11-16-38-33(21-28)31-19-26(24)9-14-37(31)43(38,3)4/h7-23H,1-6H3. The number of hydrogen-bond acceptors (Lipinski definition) is 1. The van der Waals surface area contributed by atoms with Crippen molar-refractivity contribution in [3.63, 3.8) is 0 Å². The Kier molecular flexibility index (Phi) is 4.49. The first-order valence-corrected chi connectivity index (χ1v) is 16.3. The number of nitrogens with zero attached hydrogens (tertiary/aromatic N) is 1. The van der Waals surface area contributed by atoms with Gasteiger partial charge in [-0.25, -0.2) is 0 Å². The van der Waals surface area contributed by atoms with Crippen molar-refractivity contribution in [3.05, 3.63) is 137 Å². The second kappa shape index (κ2) is 7.90. The fourth-order valence-electron chi connectivity index (χ4n) is 9.21. The predicted octanol–water partition coefficient (Wildman–Crippen LogP) is 11.6. The maximum atomic E-state index is 5.10. The quantitative estimate of drug-likeness (QED) is 0.175. The molecule has 1 heterocycles. The molecule has 10 rings (SSSR count). The zero-order valence-corrected chi connectivity index (χ0v) is 26.8. The maximum Gasteiger partial charge on any atom is 0.0708 e. The molecular formula is C44H35N. The molecule has 6 aromatic carbocycles. The summed E-state index contributed by atoms with van der Waals surface area (Å²) in [6.07, 6.45) is 2.14. The zero-order chi connectivity index (χ0) is 30.6. The molecule has 1 aromatic heterocycles. The van der Waals surface area contributed by atoms with E-state index in [1.54, 1.807) is 0 Å². The fourth-order valence-corrected chi connectivity index (χ4v) is 9.21. The van der Waals surface area contributed by atoms with Crippen molar-refractivity contribution in [2.75, 3.05) is 0 Å². The summed E-state index contributed by atoms with van der Waals surface area (Å²) in [6.45, 7) is 14.2. The number of benzene rings is 5. The van der Waals surface area contributed by atoms with Crippen LogP contribution in [0.2, 0.25) is 0 Å². The first-order valence-electron chi connectivity index (χ1n) is 16.3. The van der Waals surface area contributed by atoms with Gasteiger partial charge in [-0.2, -0.15) is 0 Å². The second-order valence-corrected chi connectivity index (χ2v) is 15.3. The molecule has 0 saturated heterocycles. The van der Waals surface area contributed by atoms with Crippen LogP contribution in [0.4, 0.5) is 0 Å². The van der Waals surface area contributed by atoms with Crippen molar-refractivity contribution in [1.82, 2.24) is 4.98 Å². The first-order chi connectivity index (χ1) is 21.5. The SMILES string of the molecule is CC1(C)c2ccc3cc2c2cc(ccc21)c1ccc2c(c1)c1cc(ncc1C2(C)C)c1ccc2c(c1)c1cc3ccc1C2(C)C. The smallest absolute Gasteiger partial charge is 0.0708 e. The molecule has 0 saturated carbocycles. The first kappa shape index (κ1) is 25.6. The molecule has 0 N–H and O–H groups in total. The Morgan fingerprint density at radius 3 is 1.00 bits per heavy atom. The van der Waals surface area contributed by atoms with Crippen LogP contribution in [0.15, 0.2) is 103 Å². The summed E-state index contributed by atoms with van der Waals surface area (Å²) >= 11 is 0. The molecule has 0 radical (unpaired) electrons. The molecule has 0 amide bonds. The molecule has 7 aromatic rings. The van der Waals surface area contributed by atoms with Crippen molar-refractivity contribution in [2.24, 2.45) is 0 Å². The minimum absolute atomic E-state index is 0.0396. The molecule has 3 aliphatic carbocycles. The highest BCUT2D eigenvalue weighted by Crippen LogP contribution is 2.49. The van der Waals surface area contributed by atoms with Crippen LogP contribution in [-0.4, -0.2) is 4.98 Å². The third-order valence-electron chi connectivity index (χ3n) is 11.9. The van der Waals surface area contributed by atoms with E-state index in [9.17, 15) is 0 Å². The van der Waals surface area contributed by atoms with E-state index >= 15 is 0 Å². The maximum absolute atomic E-state index is 5.10. The normalized spacial score (nSPS) is 17.2. The Morgan fingerprint density at radius 1 is 0.333 bits per heavy atom. The zero-order valence-electron chi connectivity index (χ0n) is 26.8. The van der Waals surface area contributed by atoms with Crippen LogP contribution in [-0.2, 0) is 16.2 Å². The molecule has 1 heteroatoms. The van der Waals surface area contributed by atoms with Crippen LogP contribution in [0.25, 0.3) is 64.8 Å². The molecule has 0 fully saturated rings. The van der Waals surface area contributed by atoms with Crippen LogP contribution in [0.1, 0.15) is 74.9 Å². The Bertz CT molecular complexity index is 2190. The van der Waals surface area contributed by atoms with E-state index in [0.717, 1.165) is 5.52 Å². The molecule has 3 aliphatic rings. The predicted molar refractivity (Wildman–Crippen MR) is 192 cm³/mol. The van der Waals surface area contributed by atoms with Gasteiger partial charge in [0.15, 0.2) is 0 Å². The minimum Gasteiger partial charge on any atom is -0.256 e. The molecule has 0 aliphatic heterocycles. The summed E-state index contributed by atoms with van der Waals surface area (Å²) in [5.41, 5.74) is 9.15. The topological polar surface area (TPSA) is 12.9 Å². The highest BCUT2D eigenvalue weighted by atomic mass is 14.7. The summed E-state index contributed by atoms with van der Waals surface area (Å²) in [4.78, 5) is 5.10. The van der Waals surface area contributed by atoms with Crippen molar-refractivity contribution in [2.45, 2.75) is 57.8 Å². The highest BCUT2D eigenvalue weighted by molar-refractivity contribution is 6.08. The largest absolute Gasteiger partial charge is 0.256 e. The molecule has 216 valence electrons. The lowest BCUT2D eigenvalue weighted by atomic mass is 9.81. The van der Waals surface area contributed by atoms with Crippen molar-refractivity contribution in [3.8, 4) is 0 Å². The lowest BCUT2D eigenvalue weighted by molar-refractivity contribution is 0.660. The average Bonchev–Trinajstić information content (AvgIpc) is 3.52. The van der Waals surface area contributed by atoms with Crippen LogP contribution >= 0.6 is 0 Å². The van der Waals surface area contributed by atoms with Gasteiger partial charge in [-0.1, -0.05) is 102 Å². The Hall–Kier alpha value is -4.75. The fraction of sp³-hybridized carbons (Fsp3) is 0.205. The molecule has 0 unspecified atom stereocenters. The van der Waals surface area contributed by atoms with Gasteiger partial charge in [-0.3, -0.25) is 4.98 Å². The van der Waals surface area contributed by atoms with Crippen LogP contribution in [0.3, 0.4) is 0 Å². The van der Waals surface area contributed by atoms with Gasteiger partial charge in [-0.05, 0) is 124 Å². The average molecular weight is 578 g/mol. The number of aromatic nitrogens is 1. The summed E-state index contributed by atoms with van der Waals surface area (Å²) in [7, 11) is 0. The van der Waals surface area contributed by atoms with E-state index in [-0.39, 0.29) is 16.2 Å². The molecule has 0 atom stereocenters. The third kappa shape index (κ3) is 3.07. The van der Waals surface area contributed by atoms with Gasteiger partial charge in [0.25, 0.3) is 0 Å². The van der Waals surface area contributed by atoms with Crippen LogP contribution in [0.5, 0.6) is 0 Å². The number of rotatable bonds is 0. The second-order valence-electron chi connectivity index (χ2n) is 15.3. The van der Waals surface area contributed by atoms with E-state index in [1.165, 1.54) is 92.6 Å². The van der Waals surface area contributed by atoms with Gasteiger partial charge in [0.2, 0.25) is 0 Å². The molecule has 1 nitrogen and oxygen atoms in total. The third-order valence-corrected chi connectivity index (χ3v) is 11.9. The number of hydrogen-bond donors (Lipinski definition) is 0. The van der Waals surface area contributed by atoms with Gasteiger partial charge >= 0.3 is 0 Å². The number of fused-ring (bicyclic) bond motifs is 9. The van der Waals surface area contributed by atoms with Crippen molar-refractivity contribution < 1.29 is 0 Å². The van der Waals surface area contributed by atoms with Gasteiger partial charge in [0.05, 0.1) is 5.52 Å². The molecule has 0 spiro atoms. The summed E-state index contributed by atoms with van der Waals surface area (Å²) in [5.74, 6) is 0. The van der Waals surface area contributed by atoms with Crippen molar-refractivity contribution in [1.29, 1.82) is 0 Å². The lowest BCUT2D eigenvalue weighted by Gasteiger charge is -2.22. The van der Waals surface area contributed by atoms with Gasteiger partial charge in [-0.15, -0.1) is 0 Å². The summed E-state index contributed by atoms with van der Waals surface area (Å²) in [5, 5.41) is 14.3. The summed E-state index contributed by atoms with van der Waals surface area (Å²) in [6, 6.07) is 37.9. The minimum atomic E-state index is -0.0952. The summed E-state index contributed by atoms with van der Waals surface area (Å²) < 4.78 is 0. The van der Waals surface area contributed by atoms with Gasteiger partial charge < -0.3 is 0 Å². The van der Waals surface area contributed by atoms with E-state index in [4.69, 9.17) is 4.98 Å². The van der Waals surface area contributed by atoms with Gasteiger partial charge in [0.1, 0.15) is 0 Å². The van der Waals surface area contributed by atoms with Gasteiger partial charge in [0, 0.05) is 27.8 Å². The number of pyridine rings is 1. The van der Waals surface area contributed by atoms with Crippen molar-refractivity contribution >= 4 is 64.8 Å². The Balaban J connectivity index is 1.46. The monoisotopic (exact) mass is 577 g/mol. The highest BCUT2D eigenvalue weighted by Gasteiger charge is 2.35. The van der Waals surface area contributed by atoms with Crippen LogP contribution in [0, 0.1) is 0 Å². The molecule has 45 heavy (non-hydrogen) atoms.